The van der Waals surface area contributed by atoms with Crippen molar-refractivity contribution in [1.82, 2.24) is 9.55 Å². The van der Waals surface area contributed by atoms with E-state index < -0.39 is 4.92 Å². The van der Waals surface area contributed by atoms with Gasteiger partial charge in [0.05, 0.1) is 23.9 Å². The molecule has 3 rings (SSSR count). The summed E-state index contributed by atoms with van der Waals surface area (Å²) >= 11 is 0. The van der Waals surface area contributed by atoms with E-state index in [9.17, 15) is 10.1 Å². The minimum atomic E-state index is -0.495. The molecular weight excluding hydrogens is 334 g/mol. The van der Waals surface area contributed by atoms with Crippen molar-refractivity contribution in [1.29, 1.82) is 0 Å². The molecule has 2 aromatic heterocycles. The van der Waals surface area contributed by atoms with Gasteiger partial charge in [0.25, 0.3) is 5.69 Å². The number of nitro groups is 1. The number of hydrogen-bond acceptors (Lipinski definition) is 6. The molecule has 0 amide bonds. The largest absolute Gasteiger partial charge is 0.497 e. The second-order valence-corrected chi connectivity index (χ2v) is 5.46. The first-order valence-corrected chi connectivity index (χ1v) is 7.81. The van der Waals surface area contributed by atoms with Gasteiger partial charge in [-0.2, -0.15) is 5.10 Å². The summed E-state index contributed by atoms with van der Waals surface area (Å²) in [5.74, 6) is 1.21. The molecule has 0 aliphatic rings. The van der Waals surface area contributed by atoms with Gasteiger partial charge in [-0.25, -0.2) is 4.98 Å². The Hall–Kier alpha value is -3.68. The number of hydrazone groups is 1. The minimum Gasteiger partial charge on any atom is -0.497 e. The van der Waals surface area contributed by atoms with E-state index in [4.69, 9.17) is 4.74 Å². The molecule has 1 aromatic carbocycles. The third-order valence-corrected chi connectivity index (χ3v) is 3.77. The van der Waals surface area contributed by atoms with Crippen LogP contribution >= 0.6 is 0 Å². The molecule has 0 bridgehead atoms. The van der Waals surface area contributed by atoms with E-state index in [0.29, 0.717) is 5.82 Å². The highest BCUT2D eigenvalue weighted by atomic mass is 16.6. The van der Waals surface area contributed by atoms with Crippen LogP contribution in [0.5, 0.6) is 5.75 Å². The predicted octanol–water partition coefficient (Wildman–Crippen LogP) is 3.54. The molecule has 26 heavy (non-hydrogen) atoms. The number of pyridine rings is 1. The Bertz CT molecular complexity index is 930. The molecule has 8 heteroatoms. The third kappa shape index (κ3) is 3.69. The summed E-state index contributed by atoms with van der Waals surface area (Å²) in [5.41, 5.74) is 5.63. The number of aryl methyl sites for hydroxylation is 1. The lowest BCUT2D eigenvalue weighted by molar-refractivity contribution is -0.385. The fraction of sp³-hybridized carbons (Fsp3) is 0.111. The Morgan fingerprint density at radius 3 is 2.58 bits per heavy atom. The molecule has 8 nitrogen and oxygen atoms in total. The molecule has 132 valence electrons. The predicted molar refractivity (Wildman–Crippen MR) is 99.2 cm³/mol. The van der Waals surface area contributed by atoms with Gasteiger partial charge in [0.2, 0.25) is 0 Å². The first kappa shape index (κ1) is 17.2. The second-order valence-electron chi connectivity index (χ2n) is 5.46. The van der Waals surface area contributed by atoms with Gasteiger partial charge in [-0.3, -0.25) is 15.5 Å². The lowest BCUT2D eigenvalue weighted by Crippen LogP contribution is -2.02. The van der Waals surface area contributed by atoms with Gasteiger partial charge in [-0.1, -0.05) is 0 Å². The number of anilines is 1. The van der Waals surface area contributed by atoms with Gasteiger partial charge in [0.1, 0.15) is 17.8 Å². The molecule has 0 spiro atoms. The Balaban J connectivity index is 1.77. The maximum Gasteiger partial charge on any atom is 0.287 e. The van der Waals surface area contributed by atoms with Crippen molar-refractivity contribution in [2.75, 3.05) is 12.5 Å². The summed E-state index contributed by atoms with van der Waals surface area (Å²) in [4.78, 5) is 14.1. The number of nitrogens with zero attached hydrogens (tertiary/aromatic N) is 4. The van der Waals surface area contributed by atoms with Gasteiger partial charge in [0, 0.05) is 17.4 Å². The molecule has 3 aromatic rings. The van der Waals surface area contributed by atoms with E-state index in [1.807, 2.05) is 47.9 Å². The number of nitrogens with one attached hydrogen (secondary N) is 1. The van der Waals surface area contributed by atoms with Crippen molar-refractivity contribution in [3.05, 3.63) is 76.2 Å². The fourth-order valence-corrected chi connectivity index (χ4v) is 2.47. The first-order chi connectivity index (χ1) is 12.6. The SMILES string of the molecule is COc1ccc(-n2c(C)ccc2/C=N/Nc2ccc([N+](=O)[O-])cn2)cc1. The van der Waals surface area contributed by atoms with Crippen molar-refractivity contribution in [3.63, 3.8) is 0 Å². The van der Waals surface area contributed by atoms with E-state index in [2.05, 4.69) is 15.5 Å². The molecule has 0 radical (unpaired) electrons. The van der Waals surface area contributed by atoms with E-state index in [1.54, 1.807) is 13.3 Å². The number of methoxy groups -OCH3 is 1. The first-order valence-electron chi connectivity index (χ1n) is 7.81. The maximum absolute atomic E-state index is 10.6. The topological polar surface area (TPSA) is 94.6 Å². The fourth-order valence-electron chi connectivity index (χ4n) is 2.47. The Kier molecular flexibility index (Phi) is 4.93. The summed E-state index contributed by atoms with van der Waals surface area (Å²) in [6.45, 7) is 2.01. The third-order valence-electron chi connectivity index (χ3n) is 3.77. The molecule has 0 unspecified atom stereocenters. The van der Waals surface area contributed by atoms with Crippen LogP contribution in [0.2, 0.25) is 0 Å². The maximum atomic E-state index is 10.6. The van der Waals surface area contributed by atoms with Gasteiger partial charge < -0.3 is 9.30 Å². The number of rotatable bonds is 6. The van der Waals surface area contributed by atoms with Crippen molar-refractivity contribution in [3.8, 4) is 11.4 Å². The molecular formula is C18H17N5O3. The Morgan fingerprint density at radius 1 is 1.19 bits per heavy atom. The summed E-state index contributed by atoms with van der Waals surface area (Å²) in [7, 11) is 1.63. The lowest BCUT2D eigenvalue weighted by atomic mass is 10.3. The van der Waals surface area contributed by atoms with Crippen LogP contribution in [0.25, 0.3) is 5.69 Å². The van der Waals surface area contributed by atoms with Gasteiger partial charge in [-0.05, 0) is 49.4 Å². The highest BCUT2D eigenvalue weighted by molar-refractivity contribution is 5.79. The van der Waals surface area contributed by atoms with Gasteiger partial charge in [-0.15, -0.1) is 0 Å². The van der Waals surface area contributed by atoms with Crippen LogP contribution in [0, 0.1) is 17.0 Å². The van der Waals surface area contributed by atoms with E-state index >= 15 is 0 Å². The standard InChI is InChI=1S/C18H17N5O3/c1-13-3-4-15(22(13)14-5-8-17(26-2)9-6-14)12-20-21-18-10-7-16(11-19-18)23(24)25/h3-12H,1-2H3,(H,19,21)/b20-12+. The number of aromatic nitrogens is 2. The number of ether oxygens (including phenoxy) is 1. The second kappa shape index (κ2) is 7.47. The summed E-state index contributed by atoms with van der Waals surface area (Å²) < 4.78 is 7.24. The quantitative estimate of drug-likeness (QED) is 0.416. The van der Waals surface area contributed by atoms with Crippen molar-refractivity contribution in [2.24, 2.45) is 5.10 Å². The van der Waals surface area contributed by atoms with Crippen LogP contribution in [0.4, 0.5) is 11.5 Å². The average molecular weight is 351 g/mol. The van der Waals surface area contributed by atoms with Crippen LogP contribution in [0.3, 0.4) is 0 Å². The van der Waals surface area contributed by atoms with Crippen molar-refractivity contribution in [2.45, 2.75) is 6.92 Å². The smallest absolute Gasteiger partial charge is 0.287 e. The van der Waals surface area contributed by atoms with Crippen LogP contribution < -0.4 is 10.2 Å². The highest BCUT2D eigenvalue weighted by Crippen LogP contribution is 2.19. The number of hydrogen-bond donors (Lipinski definition) is 1. The molecule has 0 saturated carbocycles. The summed E-state index contributed by atoms with van der Waals surface area (Å²) in [6.07, 6.45) is 2.85. The van der Waals surface area contributed by atoms with Crippen molar-refractivity contribution >= 4 is 17.7 Å². The Labute approximate surface area is 149 Å². The zero-order chi connectivity index (χ0) is 18.5. The Morgan fingerprint density at radius 2 is 1.96 bits per heavy atom. The molecule has 1 N–H and O–H groups in total. The minimum absolute atomic E-state index is 0.0662. The normalized spacial score (nSPS) is 10.8. The van der Waals surface area contributed by atoms with Crippen LogP contribution in [0.1, 0.15) is 11.4 Å². The summed E-state index contributed by atoms with van der Waals surface area (Å²) in [6, 6.07) is 14.6. The highest BCUT2D eigenvalue weighted by Gasteiger charge is 2.07. The molecule has 0 atom stereocenters. The molecule has 0 fully saturated rings. The van der Waals surface area contributed by atoms with Crippen LogP contribution in [-0.4, -0.2) is 27.8 Å². The number of benzene rings is 1. The summed E-state index contributed by atoms with van der Waals surface area (Å²) in [5, 5.41) is 14.8. The molecule has 0 saturated heterocycles. The molecule has 0 aliphatic heterocycles. The van der Waals surface area contributed by atoms with Gasteiger partial charge in [0.15, 0.2) is 0 Å². The monoisotopic (exact) mass is 351 g/mol. The van der Waals surface area contributed by atoms with E-state index in [-0.39, 0.29) is 5.69 Å². The van der Waals surface area contributed by atoms with Crippen LogP contribution in [0.15, 0.2) is 59.8 Å². The van der Waals surface area contributed by atoms with E-state index in [0.717, 1.165) is 22.8 Å². The van der Waals surface area contributed by atoms with E-state index in [1.165, 1.54) is 18.3 Å². The van der Waals surface area contributed by atoms with Crippen LogP contribution in [-0.2, 0) is 0 Å². The van der Waals surface area contributed by atoms with Crippen molar-refractivity contribution < 1.29 is 9.66 Å². The zero-order valence-electron chi connectivity index (χ0n) is 14.3. The lowest BCUT2D eigenvalue weighted by Gasteiger charge is -2.10. The zero-order valence-corrected chi connectivity index (χ0v) is 14.3. The molecule has 0 aliphatic carbocycles. The molecule has 2 heterocycles. The van der Waals surface area contributed by atoms with Gasteiger partial charge >= 0.3 is 0 Å². The average Bonchev–Trinajstić information content (AvgIpc) is 3.03.